The van der Waals surface area contributed by atoms with Crippen molar-refractivity contribution >= 4 is 51.1 Å². The van der Waals surface area contributed by atoms with E-state index in [9.17, 15) is 22.8 Å². The van der Waals surface area contributed by atoms with Gasteiger partial charge in [-0.05, 0) is 20.3 Å². The van der Waals surface area contributed by atoms with Crippen LogP contribution in [0.15, 0.2) is 24.3 Å². The summed E-state index contributed by atoms with van der Waals surface area (Å²) in [5.74, 6) is -3.88. The van der Waals surface area contributed by atoms with Crippen LogP contribution in [0, 0.1) is 5.41 Å². The minimum atomic E-state index is -4.58. The maximum Gasteiger partial charge on any atom is 0.333 e. The number of rotatable bonds is 14. The second-order valence-electron chi connectivity index (χ2n) is 6.94. The molecule has 0 rings (SSSR count). The van der Waals surface area contributed by atoms with Crippen LogP contribution in [0.5, 0.6) is 0 Å². The maximum atomic E-state index is 12.7. The minimum Gasteiger partial charge on any atom is -0.461 e. The Morgan fingerprint density at radius 3 is 1.73 bits per heavy atom. The molecule has 0 heterocycles. The highest BCUT2D eigenvalue weighted by molar-refractivity contribution is 7.85. The third kappa shape index (κ3) is 12.3. The Balaban J connectivity index is 0. The van der Waals surface area contributed by atoms with Crippen LogP contribution < -0.4 is 0 Å². The van der Waals surface area contributed by atoms with E-state index < -0.39 is 52.6 Å². The van der Waals surface area contributed by atoms with Crippen molar-refractivity contribution in [1.29, 1.82) is 0 Å². The molecule has 0 aromatic heterocycles. The highest BCUT2D eigenvalue weighted by Gasteiger charge is 2.43. The number of ether oxygens (including phenoxy) is 3. The van der Waals surface area contributed by atoms with Crippen molar-refractivity contribution in [1.82, 2.24) is 0 Å². The lowest BCUT2D eigenvalue weighted by Crippen LogP contribution is -2.43. The summed E-state index contributed by atoms with van der Waals surface area (Å²) in [5.41, 5.74) is -1.46. The number of carbonyl (C=O) groups excluding carboxylic acids is 3. The number of esters is 3. The Labute approximate surface area is 194 Å². The van der Waals surface area contributed by atoms with Crippen LogP contribution in [0.1, 0.15) is 52.9 Å². The summed E-state index contributed by atoms with van der Waals surface area (Å²) >= 11 is 0. The fourth-order valence-electron chi connectivity index (χ4n) is 2.23. The van der Waals surface area contributed by atoms with Crippen LogP contribution in [0.25, 0.3) is 0 Å². The predicted octanol–water partition coefficient (Wildman–Crippen LogP) is 1.65. The molecule has 170 valence electrons. The minimum absolute atomic E-state index is 0. The summed E-state index contributed by atoms with van der Waals surface area (Å²) in [6.07, 6.45) is 3.16. The summed E-state index contributed by atoms with van der Waals surface area (Å²) in [7, 11) is -4.58. The SMILES string of the molecule is C=C(C)C(=O)OCC(CCCCCC)(COC(=O)C(=C)C)C(=O)OCS(=O)(=O)O.[MgH2]. The van der Waals surface area contributed by atoms with Gasteiger partial charge >= 0.3 is 51.1 Å². The van der Waals surface area contributed by atoms with Crippen LogP contribution in [-0.2, 0) is 38.7 Å². The topological polar surface area (TPSA) is 133 Å². The van der Waals surface area contributed by atoms with E-state index in [1.54, 1.807) is 0 Å². The van der Waals surface area contributed by atoms with E-state index >= 15 is 0 Å². The van der Waals surface area contributed by atoms with Gasteiger partial charge in [0.25, 0.3) is 0 Å². The molecule has 0 amide bonds. The highest BCUT2D eigenvalue weighted by atomic mass is 32.2. The van der Waals surface area contributed by atoms with Gasteiger partial charge in [-0.1, -0.05) is 45.8 Å². The van der Waals surface area contributed by atoms with Crippen LogP contribution in [0.4, 0.5) is 0 Å². The number of unbranched alkanes of at least 4 members (excludes halogenated alkanes) is 3. The number of hydrogen-bond donors (Lipinski definition) is 1. The molecule has 0 aliphatic rings. The van der Waals surface area contributed by atoms with Crippen molar-refractivity contribution in [2.24, 2.45) is 5.41 Å². The molecular formula is C19H32MgO9S. The van der Waals surface area contributed by atoms with Gasteiger partial charge in [0.05, 0.1) is 0 Å². The summed E-state index contributed by atoms with van der Waals surface area (Å²) < 4.78 is 45.7. The lowest BCUT2D eigenvalue weighted by Gasteiger charge is -2.30. The molecule has 30 heavy (non-hydrogen) atoms. The van der Waals surface area contributed by atoms with E-state index in [0.29, 0.717) is 6.42 Å². The van der Waals surface area contributed by atoms with E-state index in [1.165, 1.54) is 13.8 Å². The van der Waals surface area contributed by atoms with Crippen molar-refractivity contribution in [3.8, 4) is 0 Å². The van der Waals surface area contributed by atoms with E-state index in [2.05, 4.69) is 13.2 Å². The zero-order valence-corrected chi connectivity index (χ0v) is 18.0. The average molecular weight is 461 g/mol. The van der Waals surface area contributed by atoms with Crippen molar-refractivity contribution in [2.45, 2.75) is 52.9 Å². The maximum absolute atomic E-state index is 12.7. The van der Waals surface area contributed by atoms with E-state index in [1.807, 2.05) is 6.92 Å². The van der Waals surface area contributed by atoms with E-state index in [-0.39, 0.29) is 40.6 Å². The molecule has 0 aliphatic carbocycles. The Hall–Kier alpha value is -1.43. The molecule has 0 saturated heterocycles. The number of hydrogen-bond acceptors (Lipinski definition) is 8. The second-order valence-corrected chi connectivity index (χ2v) is 8.34. The Morgan fingerprint density at radius 2 is 1.37 bits per heavy atom. The van der Waals surface area contributed by atoms with Gasteiger partial charge in [0.2, 0.25) is 5.94 Å². The zero-order valence-electron chi connectivity index (χ0n) is 17.2. The normalized spacial score (nSPS) is 11.1. The van der Waals surface area contributed by atoms with E-state index in [0.717, 1.165) is 19.3 Å². The molecule has 9 nitrogen and oxygen atoms in total. The van der Waals surface area contributed by atoms with Crippen molar-refractivity contribution in [3.63, 3.8) is 0 Å². The Kier molecular flexibility index (Phi) is 14.9. The molecule has 0 saturated carbocycles. The van der Waals surface area contributed by atoms with Gasteiger partial charge in [0, 0.05) is 11.1 Å². The lowest BCUT2D eigenvalue weighted by atomic mass is 9.83. The van der Waals surface area contributed by atoms with Gasteiger partial charge in [-0.3, -0.25) is 9.35 Å². The lowest BCUT2D eigenvalue weighted by molar-refractivity contribution is -0.169. The smallest absolute Gasteiger partial charge is 0.333 e. The quantitative estimate of drug-likeness (QED) is 0.102. The largest absolute Gasteiger partial charge is 0.461 e. The molecule has 0 aromatic rings. The molecule has 0 fully saturated rings. The first-order chi connectivity index (χ1) is 13.3. The fourth-order valence-corrected chi connectivity index (χ4v) is 2.49. The van der Waals surface area contributed by atoms with Gasteiger partial charge in [-0.15, -0.1) is 0 Å². The molecule has 11 heteroatoms. The van der Waals surface area contributed by atoms with Crippen molar-refractivity contribution < 1.29 is 41.6 Å². The summed E-state index contributed by atoms with van der Waals surface area (Å²) in [6.45, 7) is 10.7. The van der Waals surface area contributed by atoms with Crippen LogP contribution in [0.3, 0.4) is 0 Å². The van der Waals surface area contributed by atoms with E-state index in [4.69, 9.17) is 18.8 Å². The van der Waals surface area contributed by atoms with Crippen LogP contribution in [0.2, 0.25) is 0 Å². The van der Waals surface area contributed by atoms with Gasteiger partial charge < -0.3 is 14.2 Å². The third-order valence-corrected chi connectivity index (χ3v) is 4.35. The Morgan fingerprint density at radius 1 is 0.900 bits per heavy atom. The number of carbonyl (C=O) groups is 3. The highest BCUT2D eigenvalue weighted by Crippen LogP contribution is 2.30. The molecule has 0 unspecified atom stereocenters. The van der Waals surface area contributed by atoms with Crippen LogP contribution >= 0.6 is 0 Å². The third-order valence-electron chi connectivity index (χ3n) is 3.94. The zero-order chi connectivity index (χ0) is 22.7. The molecule has 0 atom stereocenters. The van der Waals surface area contributed by atoms with Gasteiger partial charge in [0.15, 0.2) is 0 Å². The van der Waals surface area contributed by atoms with Crippen molar-refractivity contribution in [2.75, 3.05) is 19.2 Å². The van der Waals surface area contributed by atoms with Gasteiger partial charge in [0.1, 0.15) is 18.6 Å². The Bertz CT molecular complexity index is 698. The molecule has 0 aromatic carbocycles. The molecule has 0 aliphatic heterocycles. The fraction of sp³-hybridized carbons (Fsp3) is 0.632. The second kappa shape index (κ2) is 14.6. The van der Waals surface area contributed by atoms with Crippen LogP contribution in [-0.4, -0.2) is 73.1 Å². The average Bonchev–Trinajstić information content (AvgIpc) is 2.63. The van der Waals surface area contributed by atoms with Crippen molar-refractivity contribution in [3.05, 3.63) is 24.3 Å². The standard InChI is InChI=1S/C19H30O9S.Mg.2H/c1-6-7-8-9-10-19(11-26-16(20)14(2)3,12-27-17(21)15(4)5)18(22)28-13-29(23,24)25;;;/h2,4,6-13H2,1,3,5H3,(H,23,24,25);;;. The summed E-state index contributed by atoms with van der Waals surface area (Å²) in [5, 5.41) is 0. The molecule has 0 bridgehead atoms. The molecule has 1 N–H and O–H groups in total. The first kappa shape index (κ1) is 30.8. The summed E-state index contributed by atoms with van der Waals surface area (Å²) in [4.78, 5) is 36.4. The molecular weight excluding hydrogens is 429 g/mol. The first-order valence-corrected chi connectivity index (χ1v) is 10.7. The monoisotopic (exact) mass is 460 g/mol. The summed E-state index contributed by atoms with van der Waals surface area (Å²) in [6, 6.07) is 0. The van der Waals surface area contributed by atoms with Gasteiger partial charge in [-0.25, -0.2) is 9.59 Å². The molecule has 0 spiro atoms. The van der Waals surface area contributed by atoms with Gasteiger partial charge in [-0.2, -0.15) is 8.42 Å². The first-order valence-electron chi connectivity index (χ1n) is 9.12. The predicted molar refractivity (Wildman–Crippen MR) is 114 cm³/mol. The molecule has 0 radical (unpaired) electrons.